The summed E-state index contributed by atoms with van der Waals surface area (Å²) >= 11 is 1.06. The minimum Gasteiger partial charge on any atom is -0.382 e. The predicted molar refractivity (Wildman–Crippen MR) is 73.6 cm³/mol. The molecule has 5 nitrogen and oxygen atoms in total. The lowest BCUT2D eigenvalue weighted by Crippen LogP contribution is -2.15. The number of nitrogen functional groups attached to an aromatic ring is 1. The van der Waals surface area contributed by atoms with Crippen molar-refractivity contribution in [2.75, 3.05) is 17.6 Å². The number of nitrogens with one attached hydrogen (secondary N) is 1. The lowest BCUT2D eigenvalue weighted by Gasteiger charge is -2.06. The summed E-state index contributed by atoms with van der Waals surface area (Å²) in [5, 5.41) is 3.51. The van der Waals surface area contributed by atoms with E-state index in [2.05, 4.69) is 9.69 Å². The van der Waals surface area contributed by atoms with Gasteiger partial charge in [-0.3, -0.25) is 4.79 Å². The van der Waals surface area contributed by atoms with Crippen molar-refractivity contribution in [3.63, 3.8) is 0 Å². The molecule has 5 N–H and O–H groups in total. The molecule has 0 saturated carbocycles. The van der Waals surface area contributed by atoms with Gasteiger partial charge < -0.3 is 16.8 Å². The van der Waals surface area contributed by atoms with Crippen LogP contribution in [0.15, 0.2) is 24.3 Å². The molecule has 0 aliphatic carbocycles. The highest BCUT2D eigenvalue weighted by molar-refractivity contribution is 7.11. The fourth-order valence-corrected chi connectivity index (χ4v) is 2.42. The Kier molecular flexibility index (Phi) is 3.96. The van der Waals surface area contributed by atoms with Crippen molar-refractivity contribution < 1.29 is 9.18 Å². The minimum atomic E-state index is -0.625. The Labute approximate surface area is 113 Å². The molecule has 100 valence electrons. The van der Waals surface area contributed by atoms with Gasteiger partial charge in [0.15, 0.2) is 5.82 Å². The number of carbonyl (C=O) groups excluding carboxylic acids is 1. The van der Waals surface area contributed by atoms with E-state index in [-0.39, 0.29) is 17.2 Å². The van der Waals surface area contributed by atoms with Crippen LogP contribution in [0.5, 0.6) is 0 Å². The number of anilines is 2. The maximum absolute atomic E-state index is 13.4. The summed E-state index contributed by atoms with van der Waals surface area (Å²) in [5.41, 5.74) is 11.6. The van der Waals surface area contributed by atoms with Gasteiger partial charge in [0.05, 0.1) is 0 Å². The average molecular weight is 280 g/mol. The van der Waals surface area contributed by atoms with Crippen LogP contribution in [0.2, 0.25) is 0 Å². The molecule has 0 spiro atoms. The fourth-order valence-electron chi connectivity index (χ4n) is 1.67. The standard InChI is InChI=1S/C12H13FN4OS/c13-8-4-2-1-3-7(8)5-6-16-12-9(11(15)18)10(14)17-19-12/h1-4,16H,5-6H2,(H2,14,17)(H2,15,18). The Morgan fingerprint density at radius 3 is 2.84 bits per heavy atom. The predicted octanol–water partition coefficient (Wildman–Crippen LogP) is 1.62. The van der Waals surface area contributed by atoms with E-state index in [1.54, 1.807) is 18.2 Å². The van der Waals surface area contributed by atoms with Crippen LogP contribution < -0.4 is 16.8 Å². The fraction of sp³-hybridized carbons (Fsp3) is 0.167. The van der Waals surface area contributed by atoms with Gasteiger partial charge in [-0.2, -0.15) is 4.37 Å². The first-order valence-electron chi connectivity index (χ1n) is 5.62. The molecule has 0 unspecified atom stereocenters. The Morgan fingerprint density at radius 2 is 2.16 bits per heavy atom. The molecule has 2 rings (SSSR count). The molecule has 2 aromatic rings. The van der Waals surface area contributed by atoms with Crippen LogP contribution in [0.4, 0.5) is 15.2 Å². The zero-order valence-electron chi connectivity index (χ0n) is 10.0. The first-order valence-corrected chi connectivity index (χ1v) is 6.39. The molecule has 0 saturated heterocycles. The number of amides is 1. The summed E-state index contributed by atoms with van der Waals surface area (Å²) in [7, 11) is 0. The van der Waals surface area contributed by atoms with Crippen molar-refractivity contribution in [3.8, 4) is 0 Å². The quantitative estimate of drug-likeness (QED) is 0.775. The number of carbonyl (C=O) groups is 1. The highest BCUT2D eigenvalue weighted by Gasteiger charge is 2.16. The highest BCUT2D eigenvalue weighted by atomic mass is 32.1. The lowest BCUT2D eigenvalue weighted by atomic mass is 10.1. The van der Waals surface area contributed by atoms with Crippen LogP contribution in [0.25, 0.3) is 0 Å². The molecule has 0 aliphatic rings. The number of rotatable bonds is 5. The van der Waals surface area contributed by atoms with Gasteiger partial charge in [0.25, 0.3) is 5.91 Å². The third-order valence-corrected chi connectivity index (χ3v) is 3.42. The topological polar surface area (TPSA) is 94.0 Å². The molecule has 0 fully saturated rings. The molecule has 7 heteroatoms. The van der Waals surface area contributed by atoms with Gasteiger partial charge in [-0.1, -0.05) is 18.2 Å². The van der Waals surface area contributed by atoms with E-state index in [0.717, 1.165) is 11.5 Å². The molecule has 1 aromatic carbocycles. The number of hydrogen-bond donors (Lipinski definition) is 3. The van der Waals surface area contributed by atoms with Gasteiger partial charge in [-0.15, -0.1) is 0 Å². The van der Waals surface area contributed by atoms with Crippen molar-refractivity contribution in [1.82, 2.24) is 4.37 Å². The number of primary amides is 1. The van der Waals surface area contributed by atoms with E-state index in [4.69, 9.17) is 11.5 Å². The molecule has 19 heavy (non-hydrogen) atoms. The molecule has 1 aromatic heterocycles. The number of benzene rings is 1. The smallest absolute Gasteiger partial charge is 0.255 e. The largest absolute Gasteiger partial charge is 0.382 e. The van der Waals surface area contributed by atoms with Crippen molar-refractivity contribution >= 4 is 28.3 Å². The number of nitrogens with zero attached hydrogens (tertiary/aromatic N) is 1. The molecule has 0 bridgehead atoms. The molecule has 0 aliphatic heterocycles. The van der Waals surface area contributed by atoms with E-state index in [1.165, 1.54) is 6.07 Å². The summed E-state index contributed by atoms with van der Waals surface area (Å²) < 4.78 is 17.3. The lowest BCUT2D eigenvalue weighted by molar-refractivity contribution is 0.100. The molecular weight excluding hydrogens is 267 g/mol. The van der Waals surface area contributed by atoms with Gasteiger partial charge in [0, 0.05) is 6.54 Å². The highest BCUT2D eigenvalue weighted by Crippen LogP contribution is 2.26. The summed E-state index contributed by atoms with van der Waals surface area (Å²) in [6.45, 7) is 0.461. The first kappa shape index (κ1) is 13.3. The molecule has 1 amide bonds. The van der Waals surface area contributed by atoms with Crippen molar-refractivity contribution in [1.29, 1.82) is 0 Å². The van der Waals surface area contributed by atoms with Crippen LogP contribution in [0.1, 0.15) is 15.9 Å². The van der Waals surface area contributed by atoms with E-state index in [1.807, 2.05) is 0 Å². The van der Waals surface area contributed by atoms with Gasteiger partial charge in [-0.25, -0.2) is 4.39 Å². The summed E-state index contributed by atoms with van der Waals surface area (Å²) in [6.07, 6.45) is 0.489. The van der Waals surface area contributed by atoms with Gasteiger partial charge in [0.2, 0.25) is 0 Å². The second kappa shape index (κ2) is 5.66. The monoisotopic (exact) mass is 280 g/mol. The SMILES string of the molecule is NC(=O)c1c(N)nsc1NCCc1ccccc1F. The Hall–Kier alpha value is -2.15. The van der Waals surface area contributed by atoms with Crippen LogP contribution in [-0.4, -0.2) is 16.8 Å². The van der Waals surface area contributed by atoms with Crippen LogP contribution in [-0.2, 0) is 6.42 Å². The van der Waals surface area contributed by atoms with E-state index >= 15 is 0 Å². The van der Waals surface area contributed by atoms with Crippen molar-refractivity contribution in [3.05, 3.63) is 41.2 Å². The van der Waals surface area contributed by atoms with E-state index in [9.17, 15) is 9.18 Å². The van der Waals surface area contributed by atoms with Crippen LogP contribution in [0.3, 0.4) is 0 Å². The molecular formula is C12H13FN4OS. The van der Waals surface area contributed by atoms with E-state index < -0.39 is 5.91 Å². The Morgan fingerprint density at radius 1 is 1.42 bits per heavy atom. The number of halogens is 1. The third kappa shape index (κ3) is 3.00. The summed E-state index contributed by atoms with van der Waals surface area (Å²) in [6, 6.07) is 6.54. The molecule has 0 atom stereocenters. The second-order valence-corrected chi connectivity index (χ2v) is 4.68. The second-order valence-electron chi connectivity index (χ2n) is 3.90. The maximum Gasteiger partial charge on any atom is 0.255 e. The molecule has 1 heterocycles. The van der Waals surface area contributed by atoms with Crippen LogP contribution >= 0.6 is 11.5 Å². The normalized spacial score (nSPS) is 10.4. The van der Waals surface area contributed by atoms with Gasteiger partial charge >= 0.3 is 0 Å². The Balaban J connectivity index is 2.00. The first-order chi connectivity index (χ1) is 9.09. The average Bonchev–Trinajstić information content (AvgIpc) is 2.73. The van der Waals surface area contributed by atoms with Gasteiger partial charge in [0.1, 0.15) is 16.4 Å². The van der Waals surface area contributed by atoms with Crippen molar-refractivity contribution in [2.24, 2.45) is 5.73 Å². The molecule has 0 radical (unpaired) electrons. The third-order valence-electron chi connectivity index (χ3n) is 2.60. The van der Waals surface area contributed by atoms with Gasteiger partial charge in [-0.05, 0) is 29.6 Å². The zero-order valence-corrected chi connectivity index (χ0v) is 10.8. The minimum absolute atomic E-state index is 0.117. The number of aromatic nitrogens is 1. The number of nitrogens with two attached hydrogens (primary N) is 2. The van der Waals surface area contributed by atoms with E-state index in [0.29, 0.717) is 23.5 Å². The Bertz CT molecular complexity index is 599. The van der Waals surface area contributed by atoms with Crippen LogP contribution in [0, 0.1) is 5.82 Å². The summed E-state index contributed by atoms with van der Waals surface area (Å²) in [5.74, 6) is -0.756. The zero-order chi connectivity index (χ0) is 13.8. The van der Waals surface area contributed by atoms with Crippen molar-refractivity contribution in [2.45, 2.75) is 6.42 Å². The maximum atomic E-state index is 13.4. The summed E-state index contributed by atoms with van der Waals surface area (Å²) in [4.78, 5) is 11.2. The number of hydrogen-bond acceptors (Lipinski definition) is 5.